The lowest BCUT2D eigenvalue weighted by Gasteiger charge is -2.14. The van der Waals surface area contributed by atoms with Gasteiger partial charge in [0.2, 0.25) is 0 Å². The molecule has 20 heavy (non-hydrogen) atoms. The Morgan fingerprint density at radius 3 is 1.90 bits per heavy atom. The maximum absolute atomic E-state index is 9.12. The molecule has 0 bridgehead atoms. The zero-order chi connectivity index (χ0) is 14.7. The first-order chi connectivity index (χ1) is 9.60. The van der Waals surface area contributed by atoms with Crippen LogP contribution >= 0.6 is 34.8 Å². The summed E-state index contributed by atoms with van der Waals surface area (Å²) in [5.74, 6) is 0. The van der Waals surface area contributed by atoms with Crippen LogP contribution in [0.4, 0.5) is 11.4 Å². The van der Waals surface area contributed by atoms with E-state index >= 15 is 0 Å². The molecule has 2 aromatic rings. The van der Waals surface area contributed by atoms with Gasteiger partial charge in [0, 0.05) is 5.69 Å². The van der Waals surface area contributed by atoms with Crippen LogP contribution in [0.5, 0.6) is 0 Å². The Morgan fingerprint density at radius 2 is 1.35 bits per heavy atom. The maximum atomic E-state index is 9.12. The molecule has 0 aromatic heterocycles. The highest BCUT2D eigenvalue weighted by atomic mass is 35.5. The third-order valence-corrected chi connectivity index (χ3v) is 3.82. The van der Waals surface area contributed by atoms with Crippen LogP contribution in [0.3, 0.4) is 0 Å². The number of anilines is 2. The zero-order valence-corrected chi connectivity index (χ0v) is 12.2. The molecule has 0 amide bonds. The molecule has 2 rings (SSSR count). The van der Waals surface area contributed by atoms with Gasteiger partial charge in [-0.1, -0.05) is 53.0 Å². The van der Waals surface area contributed by atoms with Crippen LogP contribution in [0.2, 0.25) is 15.1 Å². The monoisotopic (exact) mass is 321 g/mol. The first-order valence-corrected chi connectivity index (χ1v) is 6.56. The number of benzene rings is 2. The molecule has 98 valence electrons. The lowest BCUT2D eigenvalue weighted by Crippen LogP contribution is -1.98. The van der Waals surface area contributed by atoms with Gasteiger partial charge in [0.25, 0.3) is 0 Å². The molecule has 0 aliphatic carbocycles. The lowest BCUT2D eigenvalue weighted by molar-refractivity contribution is 1.42. The van der Waals surface area contributed by atoms with E-state index in [1.54, 1.807) is 0 Å². The standard InChI is InChI=1S/C14H6Cl3N3/c15-11-9(6-18)10(7-19)12(16)14(13(11)17)20-8-4-2-1-3-5-8/h1-5,20H. The summed E-state index contributed by atoms with van der Waals surface area (Å²) in [5.41, 5.74) is 1.02. The Labute approximate surface area is 130 Å². The van der Waals surface area contributed by atoms with Crippen molar-refractivity contribution in [2.75, 3.05) is 5.32 Å². The van der Waals surface area contributed by atoms with Gasteiger partial charge in [0.05, 0.1) is 31.9 Å². The average molecular weight is 323 g/mol. The number of hydrogen-bond donors (Lipinski definition) is 1. The zero-order valence-electron chi connectivity index (χ0n) is 9.92. The van der Waals surface area contributed by atoms with E-state index in [1.165, 1.54) is 0 Å². The van der Waals surface area contributed by atoms with Crippen molar-refractivity contribution in [2.45, 2.75) is 0 Å². The average Bonchev–Trinajstić information content (AvgIpc) is 2.48. The number of halogens is 3. The van der Waals surface area contributed by atoms with Gasteiger partial charge in [0.1, 0.15) is 12.1 Å². The summed E-state index contributed by atoms with van der Waals surface area (Å²) in [7, 11) is 0. The fourth-order valence-electron chi connectivity index (χ4n) is 1.65. The van der Waals surface area contributed by atoms with E-state index in [-0.39, 0.29) is 26.2 Å². The first kappa shape index (κ1) is 14.5. The molecule has 0 spiro atoms. The SMILES string of the molecule is N#Cc1c(Cl)c(Cl)c(Nc2ccccc2)c(Cl)c1C#N. The first-order valence-electron chi connectivity index (χ1n) is 5.42. The van der Waals surface area contributed by atoms with Gasteiger partial charge in [-0.15, -0.1) is 0 Å². The van der Waals surface area contributed by atoms with Crippen LogP contribution in [0.1, 0.15) is 11.1 Å². The summed E-state index contributed by atoms with van der Waals surface area (Å²) in [6.45, 7) is 0. The summed E-state index contributed by atoms with van der Waals surface area (Å²) >= 11 is 18.3. The number of rotatable bonds is 2. The van der Waals surface area contributed by atoms with Crippen LogP contribution in [0.25, 0.3) is 0 Å². The van der Waals surface area contributed by atoms with Crippen molar-refractivity contribution in [1.82, 2.24) is 0 Å². The quantitative estimate of drug-likeness (QED) is 0.779. The largest absolute Gasteiger partial charge is 0.353 e. The minimum Gasteiger partial charge on any atom is -0.353 e. The minimum absolute atomic E-state index is 0.00185. The number of nitrogens with one attached hydrogen (secondary N) is 1. The summed E-state index contributed by atoms with van der Waals surface area (Å²) < 4.78 is 0. The van der Waals surface area contributed by atoms with Crippen LogP contribution in [-0.2, 0) is 0 Å². The van der Waals surface area contributed by atoms with Crippen LogP contribution < -0.4 is 5.32 Å². The van der Waals surface area contributed by atoms with Gasteiger partial charge in [-0.25, -0.2) is 0 Å². The van der Waals surface area contributed by atoms with E-state index in [1.807, 2.05) is 42.5 Å². The topological polar surface area (TPSA) is 59.6 Å². The minimum atomic E-state index is -0.0252. The fraction of sp³-hybridized carbons (Fsp3) is 0. The second-order valence-corrected chi connectivity index (χ2v) is 4.92. The van der Waals surface area contributed by atoms with E-state index in [2.05, 4.69) is 5.32 Å². The molecule has 0 atom stereocenters. The Bertz CT molecular complexity index is 743. The van der Waals surface area contributed by atoms with Crippen molar-refractivity contribution in [1.29, 1.82) is 10.5 Å². The summed E-state index contributed by atoms with van der Waals surface area (Å²) in [6.07, 6.45) is 0. The third-order valence-electron chi connectivity index (χ3n) is 2.59. The molecule has 0 aliphatic rings. The molecule has 0 heterocycles. The molecule has 2 aromatic carbocycles. The molecule has 0 unspecified atom stereocenters. The molecule has 1 N–H and O–H groups in total. The lowest BCUT2D eigenvalue weighted by atomic mass is 10.1. The predicted octanol–water partition coefficient (Wildman–Crippen LogP) is 5.13. The van der Waals surface area contributed by atoms with Crippen molar-refractivity contribution in [3.05, 3.63) is 56.5 Å². The van der Waals surface area contributed by atoms with Gasteiger partial charge in [-0.2, -0.15) is 10.5 Å². The third kappa shape index (κ3) is 2.53. The molecular formula is C14H6Cl3N3. The second-order valence-electron chi connectivity index (χ2n) is 3.78. The molecule has 3 nitrogen and oxygen atoms in total. The predicted molar refractivity (Wildman–Crippen MR) is 80.6 cm³/mol. The fourth-order valence-corrected chi connectivity index (χ4v) is 2.44. The van der Waals surface area contributed by atoms with E-state index < -0.39 is 0 Å². The van der Waals surface area contributed by atoms with Crippen LogP contribution in [0, 0.1) is 22.7 Å². The smallest absolute Gasteiger partial charge is 0.102 e. The van der Waals surface area contributed by atoms with Crippen molar-refractivity contribution in [2.24, 2.45) is 0 Å². The second kappa shape index (κ2) is 6.03. The number of hydrogen-bond acceptors (Lipinski definition) is 3. The van der Waals surface area contributed by atoms with Crippen LogP contribution in [0.15, 0.2) is 30.3 Å². The van der Waals surface area contributed by atoms with Crippen molar-refractivity contribution in [3.63, 3.8) is 0 Å². The highest BCUT2D eigenvalue weighted by Crippen LogP contribution is 2.42. The summed E-state index contributed by atoms with van der Waals surface area (Å²) in [6, 6.07) is 12.9. The van der Waals surface area contributed by atoms with E-state index in [9.17, 15) is 0 Å². The molecule has 0 aliphatic heterocycles. The molecule has 6 heteroatoms. The van der Waals surface area contributed by atoms with Gasteiger partial charge >= 0.3 is 0 Å². The van der Waals surface area contributed by atoms with Gasteiger partial charge in [-0.05, 0) is 12.1 Å². The van der Waals surface area contributed by atoms with Gasteiger partial charge in [-0.3, -0.25) is 0 Å². The molecule has 0 radical (unpaired) electrons. The number of nitrogens with zero attached hydrogens (tertiary/aromatic N) is 2. The molecular weight excluding hydrogens is 317 g/mol. The molecule has 0 saturated carbocycles. The Balaban J connectivity index is 2.64. The number of para-hydroxylation sites is 1. The van der Waals surface area contributed by atoms with E-state index in [0.29, 0.717) is 5.69 Å². The van der Waals surface area contributed by atoms with Gasteiger partial charge < -0.3 is 5.32 Å². The summed E-state index contributed by atoms with van der Waals surface area (Å²) in [5, 5.41) is 21.3. The Hall–Kier alpha value is -1.91. The van der Waals surface area contributed by atoms with Crippen molar-refractivity contribution >= 4 is 46.2 Å². The Morgan fingerprint density at radius 1 is 0.800 bits per heavy atom. The van der Waals surface area contributed by atoms with E-state index in [4.69, 9.17) is 45.3 Å². The van der Waals surface area contributed by atoms with Crippen molar-refractivity contribution < 1.29 is 0 Å². The Kier molecular flexibility index (Phi) is 4.37. The number of nitriles is 2. The van der Waals surface area contributed by atoms with Gasteiger partial charge in [0.15, 0.2) is 0 Å². The highest BCUT2D eigenvalue weighted by molar-refractivity contribution is 6.47. The van der Waals surface area contributed by atoms with E-state index in [0.717, 1.165) is 5.69 Å². The molecule has 0 fully saturated rings. The normalized spacial score (nSPS) is 9.65. The van der Waals surface area contributed by atoms with Crippen LogP contribution in [-0.4, -0.2) is 0 Å². The maximum Gasteiger partial charge on any atom is 0.102 e. The summed E-state index contributed by atoms with van der Waals surface area (Å²) in [4.78, 5) is 0. The highest BCUT2D eigenvalue weighted by Gasteiger charge is 2.21. The van der Waals surface area contributed by atoms with Crippen molar-refractivity contribution in [3.8, 4) is 12.1 Å². The molecule has 0 saturated heterocycles.